The first-order valence-electron chi connectivity index (χ1n) is 19.0. The molecule has 2 rings (SSSR count). The van der Waals surface area contributed by atoms with Gasteiger partial charge in [0, 0.05) is 19.3 Å². The van der Waals surface area contributed by atoms with Crippen LogP contribution in [0.4, 0.5) is 0 Å². The van der Waals surface area contributed by atoms with Crippen LogP contribution in [0.2, 0.25) is 0 Å². The number of hydrogen-bond donors (Lipinski definition) is 11. The first-order valence-corrected chi connectivity index (χ1v) is 19.0. The zero-order valence-corrected chi connectivity index (χ0v) is 33.5. The summed E-state index contributed by atoms with van der Waals surface area (Å²) in [4.78, 5) is 115. The lowest BCUT2D eigenvalue weighted by molar-refractivity contribution is -0.134. The quantitative estimate of drug-likeness (QED) is 0.0507. The minimum atomic E-state index is -1.39. The van der Waals surface area contributed by atoms with Crippen LogP contribution in [-0.2, 0) is 56.0 Å². The topological polar surface area (TPSA) is 336 Å². The molecule has 0 spiro atoms. The molecular formula is C39H56N10O10. The summed E-state index contributed by atoms with van der Waals surface area (Å²) >= 11 is 0. The van der Waals surface area contributed by atoms with Gasteiger partial charge in [0.25, 0.3) is 0 Å². The molecule has 9 amide bonds. The van der Waals surface area contributed by atoms with Crippen LogP contribution in [0.15, 0.2) is 54.6 Å². The van der Waals surface area contributed by atoms with E-state index in [4.69, 9.17) is 17.2 Å². The van der Waals surface area contributed by atoms with Gasteiger partial charge in [-0.05, 0) is 55.9 Å². The van der Waals surface area contributed by atoms with Crippen LogP contribution in [0.3, 0.4) is 0 Å². The molecule has 0 aliphatic rings. The summed E-state index contributed by atoms with van der Waals surface area (Å²) in [7, 11) is 0. The highest BCUT2D eigenvalue weighted by Crippen LogP contribution is 2.13. The number of phenols is 1. The van der Waals surface area contributed by atoms with Gasteiger partial charge in [-0.2, -0.15) is 0 Å². The Bertz CT molecular complexity index is 1790. The lowest BCUT2D eigenvalue weighted by Gasteiger charge is -2.25. The predicted molar refractivity (Wildman–Crippen MR) is 214 cm³/mol. The van der Waals surface area contributed by atoms with Gasteiger partial charge in [-0.3, -0.25) is 43.2 Å². The molecule has 14 N–H and O–H groups in total. The fourth-order valence-electron chi connectivity index (χ4n) is 5.47. The highest BCUT2D eigenvalue weighted by Gasteiger charge is 2.31. The summed E-state index contributed by atoms with van der Waals surface area (Å²) in [5.41, 5.74) is 17.3. The maximum absolute atomic E-state index is 13.8. The Balaban J connectivity index is 2.26. The maximum Gasteiger partial charge on any atom is 0.243 e. The number of carbonyl (C=O) groups excluding carboxylic acids is 9. The van der Waals surface area contributed by atoms with Gasteiger partial charge in [0.05, 0.1) is 19.1 Å². The lowest BCUT2D eigenvalue weighted by Crippen LogP contribution is -2.59. The number of aromatic hydroxyl groups is 1. The van der Waals surface area contributed by atoms with E-state index in [2.05, 4.69) is 37.2 Å². The molecule has 0 saturated carbocycles. The number of nitrogens with two attached hydrogens (primary N) is 3. The predicted octanol–water partition coefficient (Wildman–Crippen LogP) is -3.00. The Morgan fingerprint density at radius 1 is 0.576 bits per heavy atom. The van der Waals surface area contributed by atoms with Gasteiger partial charge in [-0.1, -0.05) is 56.3 Å². The first kappa shape index (κ1) is 48.6. The Morgan fingerprint density at radius 3 is 1.59 bits per heavy atom. The maximum atomic E-state index is 13.8. The third-order valence-electron chi connectivity index (χ3n) is 8.65. The Morgan fingerprint density at radius 2 is 1.07 bits per heavy atom. The molecule has 0 saturated heterocycles. The molecule has 6 unspecified atom stereocenters. The van der Waals surface area contributed by atoms with E-state index in [1.165, 1.54) is 38.1 Å². The van der Waals surface area contributed by atoms with Crippen molar-refractivity contribution in [2.24, 2.45) is 23.1 Å². The van der Waals surface area contributed by atoms with Gasteiger partial charge < -0.3 is 59.5 Å². The third kappa shape index (κ3) is 18.5. The van der Waals surface area contributed by atoms with Crippen molar-refractivity contribution >= 4 is 53.2 Å². The number of rotatable bonds is 24. The largest absolute Gasteiger partial charge is 0.508 e. The molecule has 2 aromatic carbocycles. The van der Waals surface area contributed by atoms with Crippen LogP contribution in [0, 0.1) is 5.92 Å². The molecule has 0 bridgehead atoms. The minimum absolute atomic E-state index is 0.00909. The Hall–Kier alpha value is -6.57. The van der Waals surface area contributed by atoms with Crippen LogP contribution in [0.5, 0.6) is 5.75 Å². The number of nitrogens with one attached hydrogen (secondary N) is 7. The fraction of sp³-hybridized carbons (Fsp3) is 0.462. The average molecular weight is 825 g/mol. The van der Waals surface area contributed by atoms with Crippen molar-refractivity contribution in [1.29, 1.82) is 0 Å². The summed E-state index contributed by atoms with van der Waals surface area (Å²) in [6.07, 6.45) is -0.484. The summed E-state index contributed by atoms with van der Waals surface area (Å²) in [5.74, 6) is -6.95. The molecule has 322 valence electrons. The van der Waals surface area contributed by atoms with Crippen LogP contribution in [0.25, 0.3) is 0 Å². The van der Waals surface area contributed by atoms with E-state index in [0.717, 1.165) is 0 Å². The second-order valence-electron chi connectivity index (χ2n) is 14.4. The number of hydrogen-bond acceptors (Lipinski definition) is 11. The van der Waals surface area contributed by atoms with Gasteiger partial charge in [-0.25, -0.2) is 0 Å². The third-order valence-corrected chi connectivity index (χ3v) is 8.65. The van der Waals surface area contributed by atoms with E-state index in [-0.39, 0.29) is 43.8 Å². The zero-order chi connectivity index (χ0) is 44.2. The number of carbonyl (C=O) groups is 9. The van der Waals surface area contributed by atoms with Crippen molar-refractivity contribution in [3.63, 3.8) is 0 Å². The molecule has 0 aromatic heterocycles. The molecule has 20 heteroatoms. The van der Waals surface area contributed by atoms with Gasteiger partial charge >= 0.3 is 0 Å². The van der Waals surface area contributed by atoms with Crippen LogP contribution < -0.4 is 54.4 Å². The average Bonchev–Trinajstić information content (AvgIpc) is 3.17. The SMILES string of the molecule is CC(C)CC(NC(=O)CNC(=O)C(Cc1ccccc1)NC(=O)C(C)NC(=O)C(Cc1ccc(O)cc1)NC(=O)C(CCC(N)=O)NC(=O)CNC(=O)C(C)N)C(N)=O. The molecule has 6 atom stereocenters. The summed E-state index contributed by atoms with van der Waals surface area (Å²) in [6, 6.07) is 7.18. The van der Waals surface area contributed by atoms with Crippen molar-refractivity contribution in [3.8, 4) is 5.75 Å². The van der Waals surface area contributed by atoms with E-state index >= 15 is 0 Å². The number of phenolic OH excluding ortho intramolecular Hbond substituents is 1. The van der Waals surface area contributed by atoms with Crippen LogP contribution >= 0.6 is 0 Å². The fourth-order valence-corrected chi connectivity index (χ4v) is 5.47. The van der Waals surface area contributed by atoms with Gasteiger partial charge in [0.1, 0.15) is 36.0 Å². The molecule has 59 heavy (non-hydrogen) atoms. The van der Waals surface area contributed by atoms with Crippen LogP contribution in [-0.4, -0.2) is 108 Å². The highest BCUT2D eigenvalue weighted by atomic mass is 16.3. The van der Waals surface area contributed by atoms with E-state index in [9.17, 15) is 48.3 Å². The van der Waals surface area contributed by atoms with Crippen LogP contribution in [0.1, 0.15) is 58.1 Å². The summed E-state index contributed by atoms with van der Waals surface area (Å²) < 4.78 is 0. The Labute approximate surface area is 341 Å². The number of benzene rings is 2. The lowest BCUT2D eigenvalue weighted by atomic mass is 10.0. The van der Waals surface area contributed by atoms with Gasteiger partial charge in [0.15, 0.2) is 0 Å². The second-order valence-corrected chi connectivity index (χ2v) is 14.4. The molecule has 0 radical (unpaired) electrons. The number of amides is 9. The van der Waals surface area contributed by atoms with Crippen molar-refractivity contribution in [1.82, 2.24) is 37.2 Å². The van der Waals surface area contributed by atoms with E-state index < -0.39 is 103 Å². The second kappa shape index (κ2) is 24.3. The van der Waals surface area contributed by atoms with Crippen molar-refractivity contribution in [3.05, 3.63) is 65.7 Å². The minimum Gasteiger partial charge on any atom is -0.508 e. The van der Waals surface area contributed by atoms with E-state index in [1.807, 2.05) is 13.8 Å². The molecule has 0 fully saturated rings. The standard InChI is InChI=1S/C39H56N10O10/c1-21(2)16-28(34(42)54)47-33(53)20-44-37(57)29(17-24-8-6-5-7-9-24)48-36(56)23(4)45-39(59)30(18-25-10-12-26(50)13-11-25)49-38(58)27(14-15-31(41)51)46-32(52)19-43-35(55)22(3)40/h5-13,21-23,27-30,50H,14-20,40H2,1-4H3,(H2,41,51)(H2,42,54)(H,43,55)(H,44,57)(H,45,59)(H,46,52)(H,47,53)(H,48,56)(H,49,58). The molecule has 2 aromatic rings. The first-order chi connectivity index (χ1) is 27.7. The normalized spacial score (nSPS) is 13.9. The van der Waals surface area contributed by atoms with Crippen molar-refractivity contribution in [2.75, 3.05) is 13.1 Å². The van der Waals surface area contributed by atoms with E-state index in [1.54, 1.807) is 30.3 Å². The van der Waals surface area contributed by atoms with Crippen molar-refractivity contribution in [2.45, 2.75) is 96.1 Å². The Kier molecular flexibility index (Phi) is 20.0. The van der Waals surface area contributed by atoms with Crippen molar-refractivity contribution < 1.29 is 48.3 Å². The molecule has 0 heterocycles. The number of primary amides is 2. The monoisotopic (exact) mass is 824 g/mol. The zero-order valence-electron chi connectivity index (χ0n) is 33.5. The van der Waals surface area contributed by atoms with E-state index in [0.29, 0.717) is 11.1 Å². The highest BCUT2D eigenvalue weighted by molar-refractivity contribution is 5.97. The van der Waals surface area contributed by atoms with Gasteiger partial charge in [-0.15, -0.1) is 0 Å². The molecule has 0 aliphatic heterocycles. The molecule has 20 nitrogen and oxygen atoms in total. The summed E-state index contributed by atoms with van der Waals surface area (Å²) in [6.45, 7) is 5.36. The van der Waals surface area contributed by atoms with Gasteiger partial charge in [0.2, 0.25) is 53.2 Å². The molecular weight excluding hydrogens is 768 g/mol. The molecule has 0 aliphatic carbocycles. The smallest absolute Gasteiger partial charge is 0.243 e. The summed E-state index contributed by atoms with van der Waals surface area (Å²) in [5, 5.41) is 27.1.